The number of alkyl halides is 1. The third kappa shape index (κ3) is 4.00. The molecule has 0 saturated heterocycles. The molecule has 0 amide bonds. The van der Waals surface area contributed by atoms with Crippen LogP contribution in [0.2, 0.25) is 0 Å². The molecule has 3 heterocycles. The number of aromatic nitrogens is 1. The van der Waals surface area contributed by atoms with Gasteiger partial charge in [-0.1, -0.05) is 72.0 Å². The van der Waals surface area contributed by atoms with Crippen molar-refractivity contribution < 1.29 is 13.9 Å². The number of hydrogen-bond acceptors (Lipinski definition) is 5. The van der Waals surface area contributed by atoms with Crippen LogP contribution in [0.4, 0.5) is 4.39 Å². The average Bonchev–Trinajstić information content (AvgIpc) is 3.21. The van der Waals surface area contributed by atoms with Crippen LogP contribution in [-0.2, 0) is 9.53 Å². The van der Waals surface area contributed by atoms with Crippen molar-refractivity contribution in [2.45, 2.75) is 37.6 Å². The normalized spacial score (nSPS) is 26.1. The second kappa shape index (κ2) is 8.89. The van der Waals surface area contributed by atoms with E-state index in [1.807, 2.05) is 66.7 Å². The Morgan fingerprint density at radius 1 is 1.03 bits per heavy atom. The summed E-state index contributed by atoms with van der Waals surface area (Å²) in [7, 11) is 0. The summed E-state index contributed by atoms with van der Waals surface area (Å²) < 4.78 is 21.8. The van der Waals surface area contributed by atoms with Crippen molar-refractivity contribution in [2.24, 2.45) is 10.9 Å². The maximum Gasteiger partial charge on any atom is 0.271 e. The smallest absolute Gasteiger partial charge is 0.271 e. The minimum Gasteiger partial charge on any atom is -0.497 e. The van der Waals surface area contributed by atoms with E-state index in [0.29, 0.717) is 27.7 Å². The van der Waals surface area contributed by atoms with Gasteiger partial charge in [0.2, 0.25) is 0 Å². The molecule has 4 atom stereocenters. The van der Waals surface area contributed by atoms with Gasteiger partial charge in [-0.15, -0.1) is 0 Å². The first kappa shape index (κ1) is 21.9. The lowest BCUT2D eigenvalue weighted by Gasteiger charge is -2.34. The number of allylic oxidation sites excluding steroid dienone is 2. The zero-order valence-corrected chi connectivity index (χ0v) is 19.7. The fourth-order valence-corrected chi connectivity index (χ4v) is 6.06. The maximum absolute atomic E-state index is 14.0. The number of Topliss-reactive ketones (excluding diaryl/α,β-unsaturated/α-hetero) is 1. The van der Waals surface area contributed by atoms with Crippen LogP contribution >= 0.6 is 11.3 Å². The summed E-state index contributed by atoms with van der Waals surface area (Å²) in [5.41, 5.74) is 2.83. The van der Waals surface area contributed by atoms with Gasteiger partial charge in [0.1, 0.15) is 12.3 Å². The number of nitrogens with zero attached hydrogens (tertiary/aromatic N) is 2. The van der Waals surface area contributed by atoms with Gasteiger partial charge >= 0.3 is 0 Å². The molecule has 0 radical (unpaired) electrons. The molecule has 0 spiro atoms. The van der Waals surface area contributed by atoms with Crippen molar-refractivity contribution in [2.75, 3.05) is 0 Å². The Kier molecular flexibility index (Phi) is 5.57. The number of rotatable bonds is 3. The van der Waals surface area contributed by atoms with E-state index in [9.17, 15) is 14.0 Å². The highest BCUT2D eigenvalue weighted by Crippen LogP contribution is 2.35. The molecule has 176 valence electrons. The second-order valence-electron chi connectivity index (χ2n) is 9.08. The zero-order chi connectivity index (χ0) is 23.9. The fourth-order valence-electron chi connectivity index (χ4n) is 5.05. The number of fused-ring (bicyclic) bond motifs is 2. The number of ketones is 1. The SMILES string of the molecule is O=C1C(/C=c2\sc3n(c2=O)C(c2ccccc2)C=C(c2ccccc2)N=3)=COC2CCC(F)CC12. The average molecular weight is 487 g/mol. The molecular weight excluding hydrogens is 463 g/mol. The van der Waals surface area contributed by atoms with E-state index in [4.69, 9.17) is 9.73 Å². The van der Waals surface area contributed by atoms with Gasteiger partial charge in [0.15, 0.2) is 10.6 Å². The summed E-state index contributed by atoms with van der Waals surface area (Å²) in [5, 5.41) is 0. The Labute approximate surface area is 205 Å². The van der Waals surface area contributed by atoms with E-state index in [1.165, 1.54) is 17.6 Å². The molecule has 0 N–H and O–H groups in total. The topological polar surface area (TPSA) is 60.7 Å². The van der Waals surface area contributed by atoms with E-state index in [1.54, 1.807) is 10.6 Å². The fraction of sp³-hybridized carbons (Fsp3) is 0.250. The first-order valence-electron chi connectivity index (χ1n) is 11.8. The van der Waals surface area contributed by atoms with Crippen LogP contribution in [0.25, 0.3) is 11.8 Å². The van der Waals surface area contributed by atoms with Crippen LogP contribution in [0.5, 0.6) is 0 Å². The van der Waals surface area contributed by atoms with Gasteiger partial charge in [-0.2, -0.15) is 0 Å². The summed E-state index contributed by atoms with van der Waals surface area (Å²) in [4.78, 5) is 32.0. The molecule has 3 aliphatic rings. The van der Waals surface area contributed by atoms with E-state index in [2.05, 4.69) is 0 Å². The molecule has 3 aromatic rings. The summed E-state index contributed by atoms with van der Waals surface area (Å²) in [6.07, 6.45) is 4.86. The number of halogens is 1. The summed E-state index contributed by atoms with van der Waals surface area (Å²) in [5.74, 6) is -0.653. The molecule has 7 heteroatoms. The molecule has 6 rings (SSSR count). The number of carbonyl (C=O) groups is 1. The largest absolute Gasteiger partial charge is 0.497 e. The van der Waals surface area contributed by atoms with Crippen molar-refractivity contribution >= 4 is 28.9 Å². The second-order valence-corrected chi connectivity index (χ2v) is 10.1. The molecule has 1 saturated carbocycles. The highest BCUT2D eigenvalue weighted by molar-refractivity contribution is 7.07. The summed E-state index contributed by atoms with van der Waals surface area (Å²) in [6.45, 7) is 0. The predicted molar refractivity (Wildman–Crippen MR) is 133 cm³/mol. The number of ether oxygens (including phenoxy) is 1. The molecular formula is C28H23FN2O3S. The lowest BCUT2D eigenvalue weighted by Crippen LogP contribution is -2.40. The Morgan fingerprint density at radius 3 is 2.54 bits per heavy atom. The lowest BCUT2D eigenvalue weighted by molar-refractivity contribution is -0.127. The van der Waals surface area contributed by atoms with E-state index in [-0.39, 0.29) is 29.9 Å². The summed E-state index contributed by atoms with van der Waals surface area (Å²) in [6, 6.07) is 19.3. The van der Waals surface area contributed by atoms with Crippen LogP contribution in [0.1, 0.15) is 36.4 Å². The van der Waals surface area contributed by atoms with Gasteiger partial charge in [-0.3, -0.25) is 14.2 Å². The van der Waals surface area contributed by atoms with Crippen LogP contribution < -0.4 is 14.9 Å². The predicted octanol–water partition coefficient (Wildman–Crippen LogP) is 3.94. The van der Waals surface area contributed by atoms with Gasteiger partial charge in [0.25, 0.3) is 5.56 Å². The Hall–Kier alpha value is -3.58. The zero-order valence-electron chi connectivity index (χ0n) is 18.8. The van der Waals surface area contributed by atoms with Gasteiger partial charge in [0.05, 0.1) is 34.0 Å². The molecule has 2 aliphatic heterocycles. The summed E-state index contributed by atoms with van der Waals surface area (Å²) >= 11 is 1.25. The Balaban J connectivity index is 1.47. The molecule has 5 nitrogen and oxygen atoms in total. The Morgan fingerprint density at radius 2 is 1.77 bits per heavy atom. The van der Waals surface area contributed by atoms with Crippen molar-refractivity contribution in [1.82, 2.24) is 4.57 Å². The first-order valence-corrected chi connectivity index (χ1v) is 12.6. The van der Waals surface area contributed by atoms with Crippen molar-refractivity contribution in [3.63, 3.8) is 0 Å². The number of thiazole rings is 1. The van der Waals surface area contributed by atoms with Crippen LogP contribution in [0, 0.1) is 5.92 Å². The third-order valence-corrected chi connectivity index (χ3v) is 7.84. The number of hydrogen-bond donors (Lipinski definition) is 0. The van der Waals surface area contributed by atoms with Gasteiger partial charge in [-0.05, 0) is 42.5 Å². The molecule has 4 unspecified atom stereocenters. The third-order valence-electron chi connectivity index (χ3n) is 6.86. The van der Waals surface area contributed by atoms with E-state index >= 15 is 0 Å². The van der Waals surface area contributed by atoms with Gasteiger partial charge in [-0.25, -0.2) is 9.38 Å². The standard InChI is InChI=1S/C28H23FN2O3S/c29-20-11-12-24-21(14-20)26(32)19(16-34-24)13-25-27(33)31-23(18-9-5-2-6-10-18)15-22(30-28(31)35-25)17-7-3-1-4-8-17/h1-10,13,15-16,20-21,23-24H,11-12,14H2/b25-13-. The maximum atomic E-state index is 14.0. The molecule has 0 bridgehead atoms. The highest BCUT2D eigenvalue weighted by atomic mass is 32.1. The minimum absolute atomic E-state index is 0.154. The Bertz CT molecular complexity index is 1520. The molecule has 35 heavy (non-hydrogen) atoms. The van der Waals surface area contributed by atoms with Crippen LogP contribution in [-0.4, -0.2) is 22.6 Å². The quantitative estimate of drug-likeness (QED) is 0.564. The van der Waals surface area contributed by atoms with E-state index < -0.39 is 12.1 Å². The number of carbonyl (C=O) groups excluding carboxylic acids is 1. The molecule has 2 aromatic carbocycles. The van der Waals surface area contributed by atoms with Crippen molar-refractivity contribution in [3.8, 4) is 0 Å². The molecule has 1 aliphatic carbocycles. The minimum atomic E-state index is -0.990. The van der Waals surface area contributed by atoms with Gasteiger partial charge < -0.3 is 4.74 Å². The lowest BCUT2D eigenvalue weighted by atomic mass is 9.79. The van der Waals surface area contributed by atoms with Crippen LogP contribution in [0.15, 0.2) is 88.4 Å². The molecule has 1 fully saturated rings. The first-order chi connectivity index (χ1) is 17.1. The highest BCUT2D eigenvalue weighted by Gasteiger charge is 2.39. The van der Waals surface area contributed by atoms with Crippen molar-refractivity contribution in [3.05, 3.63) is 109 Å². The van der Waals surface area contributed by atoms with Gasteiger partial charge in [0, 0.05) is 0 Å². The van der Waals surface area contributed by atoms with Crippen LogP contribution in [0.3, 0.4) is 0 Å². The number of benzene rings is 2. The molecule has 1 aromatic heterocycles. The van der Waals surface area contributed by atoms with Crippen molar-refractivity contribution in [1.29, 1.82) is 0 Å². The van der Waals surface area contributed by atoms with E-state index in [0.717, 1.165) is 16.8 Å². The monoisotopic (exact) mass is 486 g/mol.